The van der Waals surface area contributed by atoms with Crippen molar-refractivity contribution in [1.82, 2.24) is 16.0 Å². The van der Waals surface area contributed by atoms with Gasteiger partial charge in [0, 0.05) is 36.7 Å². The number of ether oxygens (including phenoxy) is 1. The van der Waals surface area contributed by atoms with Crippen LogP contribution in [0, 0.1) is 20.8 Å². The van der Waals surface area contributed by atoms with Crippen molar-refractivity contribution < 1.29 is 9.53 Å². The van der Waals surface area contributed by atoms with Crippen LogP contribution in [0.1, 0.15) is 46.2 Å². The molecule has 1 amide bonds. The molecule has 2 aliphatic rings. The smallest absolute Gasteiger partial charge is 0.248 e. The molecule has 210 valence electrons. The number of halogens is 1. The maximum Gasteiger partial charge on any atom is 0.248 e. The number of hydrogen-bond donors (Lipinski definition) is 3. The predicted octanol–water partition coefficient (Wildman–Crippen LogP) is 5.72. The first-order valence-electron chi connectivity index (χ1n) is 14.3. The highest BCUT2D eigenvalue weighted by Gasteiger charge is 2.42. The zero-order valence-corrected chi connectivity index (χ0v) is 24.5. The lowest BCUT2D eigenvalue weighted by molar-refractivity contribution is -0.118. The normalized spacial score (nSPS) is 20.1. The minimum atomic E-state index is -0.206. The molecular formula is C34H40ClN3O2. The van der Waals surface area contributed by atoms with Gasteiger partial charge < -0.3 is 15.4 Å². The Labute approximate surface area is 243 Å². The van der Waals surface area contributed by atoms with Crippen LogP contribution in [-0.4, -0.2) is 38.2 Å². The third kappa shape index (κ3) is 6.43. The van der Waals surface area contributed by atoms with E-state index in [0.29, 0.717) is 13.2 Å². The summed E-state index contributed by atoms with van der Waals surface area (Å²) in [5.41, 5.74) is 7.94. The lowest BCUT2D eigenvalue weighted by Gasteiger charge is -2.46. The summed E-state index contributed by atoms with van der Waals surface area (Å²) < 4.78 is 6.14. The summed E-state index contributed by atoms with van der Waals surface area (Å²) in [6.07, 6.45) is 5.46. The Hall–Kier alpha value is -3.12. The molecule has 1 fully saturated rings. The van der Waals surface area contributed by atoms with Crippen molar-refractivity contribution in [3.05, 3.63) is 111 Å². The van der Waals surface area contributed by atoms with Gasteiger partial charge in [0.1, 0.15) is 5.75 Å². The van der Waals surface area contributed by atoms with E-state index in [4.69, 9.17) is 16.3 Å². The van der Waals surface area contributed by atoms with Crippen molar-refractivity contribution in [3.63, 3.8) is 0 Å². The van der Waals surface area contributed by atoms with Gasteiger partial charge in [-0.15, -0.1) is 0 Å². The quantitative estimate of drug-likeness (QED) is 0.279. The van der Waals surface area contributed by atoms with E-state index >= 15 is 0 Å². The number of carbonyl (C=O) groups excluding carboxylic acids is 1. The van der Waals surface area contributed by atoms with E-state index in [1.54, 1.807) is 0 Å². The average Bonchev–Trinajstić information content (AvgIpc) is 2.95. The Morgan fingerprint density at radius 2 is 1.88 bits per heavy atom. The summed E-state index contributed by atoms with van der Waals surface area (Å²) in [7, 11) is 0. The lowest BCUT2D eigenvalue weighted by atomic mass is 9.78. The summed E-state index contributed by atoms with van der Waals surface area (Å²) >= 11 is 6.26. The number of rotatable bonds is 10. The SMILES string of the molecule is Cc1cc(C)c(C)c(OCCc2ccc(C34CC=C(C(=O)NCCCc5ccccc5Cl)C(CNC3)N4)cc2)c1. The van der Waals surface area contributed by atoms with Crippen LogP contribution in [0.4, 0.5) is 0 Å². The van der Waals surface area contributed by atoms with Crippen LogP contribution < -0.4 is 20.7 Å². The molecule has 0 radical (unpaired) electrons. The van der Waals surface area contributed by atoms with Crippen LogP contribution in [0.25, 0.3) is 0 Å². The third-order valence-electron chi connectivity index (χ3n) is 8.32. The van der Waals surface area contributed by atoms with Gasteiger partial charge in [-0.3, -0.25) is 10.1 Å². The molecule has 2 heterocycles. The van der Waals surface area contributed by atoms with Crippen LogP contribution in [-0.2, 0) is 23.2 Å². The molecule has 2 atom stereocenters. The van der Waals surface area contributed by atoms with E-state index in [9.17, 15) is 4.79 Å². The van der Waals surface area contributed by atoms with E-state index in [0.717, 1.165) is 60.7 Å². The van der Waals surface area contributed by atoms with Crippen LogP contribution in [0.2, 0.25) is 5.02 Å². The number of nitrogens with one attached hydrogen (secondary N) is 3. The molecule has 40 heavy (non-hydrogen) atoms. The molecule has 3 aromatic rings. The number of aryl methyl sites for hydroxylation is 3. The van der Waals surface area contributed by atoms with Crippen molar-refractivity contribution >= 4 is 17.5 Å². The van der Waals surface area contributed by atoms with Crippen LogP contribution >= 0.6 is 11.6 Å². The zero-order valence-electron chi connectivity index (χ0n) is 23.8. The van der Waals surface area contributed by atoms with Gasteiger partial charge in [0.15, 0.2) is 0 Å². The molecule has 0 aromatic heterocycles. The van der Waals surface area contributed by atoms with Crippen LogP contribution in [0.15, 0.2) is 72.3 Å². The Morgan fingerprint density at radius 1 is 1.07 bits per heavy atom. The van der Waals surface area contributed by atoms with Crippen molar-refractivity contribution in [2.75, 3.05) is 26.2 Å². The second-order valence-corrected chi connectivity index (χ2v) is 11.6. The van der Waals surface area contributed by atoms with E-state index < -0.39 is 0 Å². The highest BCUT2D eigenvalue weighted by molar-refractivity contribution is 6.31. The Bertz CT molecular complexity index is 1380. The summed E-state index contributed by atoms with van der Waals surface area (Å²) in [6.45, 7) is 9.21. The minimum absolute atomic E-state index is 0.0137. The van der Waals surface area contributed by atoms with Gasteiger partial charge >= 0.3 is 0 Å². The Morgan fingerprint density at radius 3 is 2.67 bits per heavy atom. The van der Waals surface area contributed by atoms with Gasteiger partial charge in [0.25, 0.3) is 0 Å². The summed E-state index contributed by atoms with van der Waals surface area (Å²) in [4.78, 5) is 13.0. The van der Waals surface area contributed by atoms with Crippen LogP contribution in [0.5, 0.6) is 5.75 Å². The molecule has 0 spiro atoms. The van der Waals surface area contributed by atoms with Crippen molar-refractivity contribution in [2.24, 2.45) is 0 Å². The van der Waals surface area contributed by atoms with E-state index in [1.807, 2.05) is 24.3 Å². The van der Waals surface area contributed by atoms with E-state index in [1.165, 1.54) is 27.8 Å². The van der Waals surface area contributed by atoms with E-state index in [-0.39, 0.29) is 17.5 Å². The van der Waals surface area contributed by atoms with Crippen molar-refractivity contribution in [1.29, 1.82) is 0 Å². The van der Waals surface area contributed by atoms with Gasteiger partial charge in [-0.25, -0.2) is 0 Å². The Balaban J connectivity index is 1.15. The fraction of sp³-hybridized carbons (Fsp3) is 0.382. The standard InChI is InChI=1S/C34H40ClN3O2/c1-23-19-24(2)25(3)32(20-23)40-18-15-26-10-12-28(13-11-26)34-16-14-29(31(38-34)21-36-22-34)33(39)37-17-6-8-27-7-4-5-9-30(27)35/h4-5,7,9-14,19-20,31,36,38H,6,8,15-18,21-22H2,1-3H3,(H,37,39). The van der Waals surface area contributed by atoms with Crippen molar-refractivity contribution in [2.45, 2.75) is 58.0 Å². The molecule has 6 heteroatoms. The number of amides is 1. The number of benzene rings is 3. The third-order valence-corrected chi connectivity index (χ3v) is 8.69. The first kappa shape index (κ1) is 28.4. The number of fused-ring (bicyclic) bond motifs is 2. The summed E-state index contributed by atoms with van der Waals surface area (Å²) in [5, 5.41) is 11.3. The topological polar surface area (TPSA) is 62.4 Å². The van der Waals surface area contributed by atoms with Gasteiger partial charge in [-0.2, -0.15) is 0 Å². The van der Waals surface area contributed by atoms with Gasteiger partial charge in [0.05, 0.1) is 18.2 Å². The second-order valence-electron chi connectivity index (χ2n) is 11.2. The number of carbonyl (C=O) groups is 1. The Kier molecular flexibility index (Phi) is 8.94. The van der Waals surface area contributed by atoms with Crippen molar-refractivity contribution in [3.8, 4) is 5.75 Å². The van der Waals surface area contributed by atoms with E-state index in [2.05, 4.69) is 79.2 Å². The van der Waals surface area contributed by atoms with Gasteiger partial charge in [-0.1, -0.05) is 66.2 Å². The largest absolute Gasteiger partial charge is 0.493 e. The molecule has 1 saturated heterocycles. The predicted molar refractivity (Wildman–Crippen MR) is 163 cm³/mol. The van der Waals surface area contributed by atoms with Gasteiger partial charge in [-0.05, 0) is 85.5 Å². The minimum Gasteiger partial charge on any atom is -0.493 e. The highest BCUT2D eigenvalue weighted by Crippen LogP contribution is 2.34. The molecule has 0 saturated carbocycles. The first-order valence-corrected chi connectivity index (χ1v) is 14.7. The number of piperazine rings is 1. The monoisotopic (exact) mass is 557 g/mol. The molecule has 2 bridgehead atoms. The summed E-state index contributed by atoms with van der Waals surface area (Å²) in [6, 6.07) is 21.0. The summed E-state index contributed by atoms with van der Waals surface area (Å²) in [5.74, 6) is 0.995. The molecule has 5 nitrogen and oxygen atoms in total. The lowest BCUT2D eigenvalue weighted by Crippen LogP contribution is -2.65. The molecular weight excluding hydrogens is 518 g/mol. The fourth-order valence-electron chi connectivity index (χ4n) is 5.87. The molecule has 3 N–H and O–H groups in total. The molecule has 2 aliphatic heterocycles. The zero-order chi connectivity index (χ0) is 28.1. The fourth-order valence-corrected chi connectivity index (χ4v) is 6.10. The first-order chi connectivity index (χ1) is 19.3. The number of hydrogen-bond acceptors (Lipinski definition) is 4. The molecule has 3 aromatic carbocycles. The maximum atomic E-state index is 13.0. The maximum absolute atomic E-state index is 13.0. The highest BCUT2D eigenvalue weighted by atomic mass is 35.5. The molecule has 5 rings (SSSR count). The molecule has 0 aliphatic carbocycles. The molecule has 2 unspecified atom stereocenters. The second kappa shape index (κ2) is 12.6. The van der Waals surface area contributed by atoms with Gasteiger partial charge in [0.2, 0.25) is 5.91 Å². The average molecular weight is 558 g/mol. The van der Waals surface area contributed by atoms with Crippen LogP contribution in [0.3, 0.4) is 0 Å².